The Morgan fingerprint density at radius 1 is 1.19 bits per heavy atom. The molecule has 1 unspecified atom stereocenters. The van der Waals surface area contributed by atoms with Gasteiger partial charge in [0, 0.05) is 48.1 Å². The first-order valence-electron chi connectivity index (χ1n) is 9.97. The van der Waals surface area contributed by atoms with E-state index in [1.807, 2.05) is 31.7 Å². The van der Waals surface area contributed by atoms with Gasteiger partial charge in [0.05, 0.1) is 12.4 Å². The third-order valence-electron chi connectivity index (χ3n) is 5.93. The summed E-state index contributed by atoms with van der Waals surface area (Å²) in [6.07, 6.45) is 10.5. The maximum Gasteiger partial charge on any atom is 0.165 e. The summed E-state index contributed by atoms with van der Waals surface area (Å²) in [6.45, 7) is 6.72. The molecule has 7 heteroatoms. The fraction of sp³-hybridized carbons (Fsp3) is 0.550. The lowest BCUT2D eigenvalue weighted by Crippen LogP contribution is -2.38. The molecule has 3 aromatic rings. The number of fused-ring (bicyclic) bond motifs is 1. The van der Waals surface area contributed by atoms with E-state index in [1.165, 1.54) is 19.3 Å². The van der Waals surface area contributed by atoms with Gasteiger partial charge in [-0.25, -0.2) is 4.98 Å². The second-order valence-corrected chi connectivity index (χ2v) is 7.54. The van der Waals surface area contributed by atoms with Crippen molar-refractivity contribution in [3.63, 3.8) is 0 Å². The topological polar surface area (TPSA) is 77.3 Å². The number of rotatable bonds is 5. The molecule has 1 saturated carbocycles. The monoisotopic (exact) mass is 367 g/mol. The molecule has 3 aromatic heterocycles. The number of nitrogens with two attached hydrogens (primary N) is 1. The Bertz CT molecular complexity index is 922. The largest absolute Gasteiger partial charge is 0.384 e. The summed E-state index contributed by atoms with van der Waals surface area (Å²) >= 11 is 0. The van der Waals surface area contributed by atoms with Crippen molar-refractivity contribution < 1.29 is 0 Å². The van der Waals surface area contributed by atoms with E-state index >= 15 is 0 Å². The number of hydrogen-bond acceptors (Lipinski definition) is 5. The van der Waals surface area contributed by atoms with Crippen molar-refractivity contribution in [1.82, 2.24) is 29.3 Å². The maximum atomic E-state index is 6.34. The first-order chi connectivity index (χ1) is 13.1. The zero-order chi connectivity index (χ0) is 19.0. The van der Waals surface area contributed by atoms with Gasteiger partial charge in [-0.05, 0) is 32.4 Å². The summed E-state index contributed by atoms with van der Waals surface area (Å²) < 4.78 is 3.53. The van der Waals surface area contributed by atoms with E-state index in [4.69, 9.17) is 10.7 Å². The average molecular weight is 368 g/mol. The van der Waals surface area contributed by atoms with Crippen LogP contribution in [0.15, 0.2) is 24.7 Å². The lowest BCUT2D eigenvalue weighted by atomic mass is 9.82. The van der Waals surface area contributed by atoms with Gasteiger partial charge in [0.25, 0.3) is 0 Å². The van der Waals surface area contributed by atoms with E-state index in [0.29, 0.717) is 17.8 Å². The number of aromatic nitrogens is 5. The molecular formula is C20H29N7. The summed E-state index contributed by atoms with van der Waals surface area (Å²) in [6, 6.07) is 2.66. The van der Waals surface area contributed by atoms with Crippen LogP contribution in [0.1, 0.15) is 51.1 Å². The Kier molecular flexibility index (Phi) is 4.86. The lowest BCUT2D eigenvalue weighted by molar-refractivity contribution is 0.160. The average Bonchev–Trinajstić information content (AvgIpc) is 3.29. The Hall–Kier alpha value is -2.41. The third-order valence-corrected chi connectivity index (χ3v) is 5.93. The molecule has 1 fully saturated rings. The Balaban J connectivity index is 1.70. The van der Waals surface area contributed by atoms with Crippen LogP contribution in [-0.4, -0.2) is 48.4 Å². The fourth-order valence-electron chi connectivity index (χ4n) is 4.48. The molecule has 27 heavy (non-hydrogen) atoms. The van der Waals surface area contributed by atoms with Crippen LogP contribution < -0.4 is 5.73 Å². The first kappa shape index (κ1) is 18.0. The molecule has 0 spiro atoms. The quantitative estimate of drug-likeness (QED) is 0.750. The van der Waals surface area contributed by atoms with Crippen molar-refractivity contribution in [2.24, 2.45) is 7.05 Å². The van der Waals surface area contributed by atoms with Crippen molar-refractivity contribution in [3.8, 4) is 11.1 Å². The van der Waals surface area contributed by atoms with Crippen LogP contribution >= 0.6 is 0 Å². The van der Waals surface area contributed by atoms with Gasteiger partial charge >= 0.3 is 0 Å². The van der Waals surface area contributed by atoms with Gasteiger partial charge in [0.15, 0.2) is 5.65 Å². The fourth-order valence-corrected chi connectivity index (χ4v) is 4.48. The molecule has 0 aromatic carbocycles. The van der Waals surface area contributed by atoms with Crippen molar-refractivity contribution in [2.45, 2.75) is 51.5 Å². The highest BCUT2D eigenvalue weighted by atomic mass is 15.3. The van der Waals surface area contributed by atoms with Crippen molar-refractivity contribution in [1.29, 1.82) is 0 Å². The number of hydrogen-bond donors (Lipinski definition) is 1. The van der Waals surface area contributed by atoms with Crippen LogP contribution in [0.3, 0.4) is 0 Å². The van der Waals surface area contributed by atoms with E-state index < -0.39 is 0 Å². The van der Waals surface area contributed by atoms with Crippen LogP contribution in [0.2, 0.25) is 0 Å². The Morgan fingerprint density at radius 3 is 2.70 bits per heavy atom. The van der Waals surface area contributed by atoms with E-state index in [-0.39, 0.29) is 0 Å². The van der Waals surface area contributed by atoms with Gasteiger partial charge in [-0.2, -0.15) is 14.7 Å². The Morgan fingerprint density at radius 2 is 2.00 bits per heavy atom. The van der Waals surface area contributed by atoms with Gasteiger partial charge in [0.2, 0.25) is 0 Å². The van der Waals surface area contributed by atoms with Crippen molar-refractivity contribution >= 4 is 11.5 Å². The summed E-state index contributed by atoms with van der Waals surface area (Å²) in [4.78, 5) is 7.59. The molecule has 3 heterocycles. The summed E-state index contributed by atoms with van der Waals surface area (Å²) in [5.74, 6) is 1.10. The molecule has 0 bridgehead atoms. The minimum Gasteiger partial charge on any atom is -0.384 e. The molecule has 2 atom stereocenters. The highest BCUT2D eigenvalue weighted by Gasteiger charge is 2.28. The minimum absolute atomic E-state index is 0.452. The highest BCUT2D eigenvalue weighted by molar-refractivity contribution is 5.77. The second-order valence-electron chi connectivity index (χ2n) is 7.54. The molecule has 2 N–H and O–H groups in total. The molecule has 4 rings (SSSR count). The van der Waals surface area contributed by atoms with Gasteiger partial charge in [-0.15, -0.1) is 0 Å². The molecule has 144 valence electrons. The van der Waals surface area contributed by atoms with Gasteiger partial charge in [-0.1, -0.05) is 20.3 Å². The van der Waals surface area contributed by atoms with Crippen molar-refractivity contribution in [3.05, 3.63) is 30.4 Å². The third kappa shape index (κ3) is 3.32. The predicted octanol–water partition coefficient (Wildman–Crippen LogP) is 3.08. The van der Waals surface area contributed by atoms with Gasteiger partial charge in [-0.3, -0.25) is 4.68 Å². The van der Waals surface area contributed by atoms with Gasteiger partial charge in [0.1, 0.15) is 5.82 Å². The Labute approximate surface area is 160 Å². The van der Waals surface area contributed by atoms with E-state index in [0.717, 1.165) is 42.0 Å². The summed E-state index contributed by atoms with van der Waals surface area (Å²) in [5, 5.41) is 8.72. The highest BCUT2D eigenvalue weighted by Crippen LogP contribution is 2.36. The number of aryl methyl sites for hydroxylation is 1. The zero-order valence-electron chi connectivity index (χ0n) is 16.5. The molecule has 0 saturated heterocycles. The molecule has 7 nitrogen and oxygen atoms in total. The minimum atomic E-state index is 0.452. The molecule has 1 aliphatic carbocycles. The SMILES string of the molecule is CCN(CC)[C@@H]1CCCC(c2cc(N)n3ncc(-c4cnn(C)c4)c3n2)C1. The predicted molar refractivity (Wildman–Crippen MR) is 108 cm³/mol. The van der Waals surface area contributed by atoms with E-state index in [2.05, 4.69) is 28.9 Å². The second kappa shape index (κ2) is 7.31. The first-order valence-corrected chi connectivity index (χ1v) is 9.97. The van der Waals surface area contributed by atoms with Crippen LogP contribution in [0.4, 0.5) is 5.82 Å². The zero-order valence-corrected chi connectivity index (χ0v) is 16.5. The maximum absolute atomic E-state index is 6.34. The molecule has 0 amide bonds. The number of nitrogen functional groups attached to an aromatic ring is 1. The van der Waals surface area contributed by atoms with E-state index in [1.54, 1.807) is 9.20 Å². The lowest BCUT2D eigenvalue weighted by Gasteiger charge is -2.36. The van der Waals surface area contributed by atoms with Crippen LogP contribution in [0.25, 0.3) is 16.8 Å². The molecular weight excluding hydrogens is 338 g/mol. The standard InChI is InChI=1S/C20H29N7/c1-4-26(5-2)16-8-6-7-14(9-16)18-10-19(21)27-20(24-18)17(12-23-27)15-11-22-25(3)13-15/h10-14,16H,4-9,21H2,1-3H3/t14?,16-/m1/s1. The molecule has 1 aliphatic rings. The van der Waals surface area contributed by atoms with Crippen LogP contribution in [-0.2, 0) is 7.05 Å². The molecule has 0 radical (unpaired) electrons. The van der Waals surface area contributed by atoms with Crippen LogP contribution in [0.5, 0.6) is 0 Å². The van der Waals surface area contributed by atoms with Gasteiger partial charge < -0.3 is 10.6 Å². The molecule has 0 aliphatic heterocycles. The normalized spacial score (nSPS) is 20.6. The smallest absolute Gasteiger partial charge is 0.165 e. The summed E-state index contributed by atoms with van der Waals surface area (Å²) in [5.41, 5.74) is 10.3. The number of nitrogens with zero attached hydrogens (tertiary/aromatic N) is 6. The van der Waals surface area contributed by atoms with Crippen LogP contribution in [0, 0.1) is 0 Å². The van der Waals surface area contributed by atoms with Crippen molar-refractivity contribution in [2.75, 3.05) is 18.8 Å². The number of anilines is 1. The van der Waals surface area contributed by atoms with E-state index in [9.17, 15) is 0 Å². The summed E-state index contributed by atoms with van der Waals surface area (Å²) in [7, 11) is 1.91.